The Balaban J connectivity index is 0. The minimum absolute atomic E-state index is 0.0417. The second kappa shape index (κ2) is 15.9. The zero-order chi connectivity index (χ0) is 8.95. The van der Waals surface area contributed by atoms with E-state index in [1.165, 1.54) is 0 Å². The quantitative estimate of drug-likeness (QED) is 0.440. The van der Waals surface area contributed by atoms with Gasteiger partial charge in [0.1, 0.15) is 6.29 Å². The highest BCUT2D eigenvalue weighted by Gasteiger charge is 1.70. The summed E-state index contributed by atoms with van der Waals surface area (Å²) in [5.74, 6) is 3.81. The van der Waals surface area contributed by atoms with Gasteiger partial charge in [-0.1, -0.05) is 5.92 Å². The maximum atomic E-state index is 10.8. The van der Waals surface area contributed by atoms with Crippen LogP contribution in [0.5, 0.6) is 0 Å². The van der Waals surface area contributed by atoms with E-state index >= 15 is 0 Å². The number of aldehydes is 2. The Labute approximate surface area is 63.6 Å². The average Bonchev–Trinajstić information content (AvgIpc) is 2.04. The molecule has 0 bridgehead atoms. The lowest BCUT2D eigenvalue weighted by Crippen LogP contribution is -1.71. The number of carbonyl (C=O) groups is 2. The molecule has 62 valence electrons. The number of hydrogen-bond donors (Lipinski definition) is 0. The van der Waals surface area contributed by atoms with Crippen LogP contribution in [0.15, 0.2) is 0 Å². The summed E-state index contributed by atoms with van der Waals surface area (Å²) in [5.41, 5.74) is 0. The molecule has 11 heavy (non-hydrogen) atoms. The fourth-order valence-corrected chi connectivity index (χ4v) is 0.125. The Hall–Kier alpha value is -1.24. The Morgan fingerprint density at radius 3 is 2.00 bits per heavy atom. The highest BCUT2D eigenvalue weighted by atomic mass is 18.2. The largest absolute Gasteiger partial charge is 0.303 e. The van der Waals surface area contributed by atoms with Gasteiger partial charge in [-0.25, -0.2) is 4.39 Å². The molecule has 0 saturated carbocycles. The molecule has 0 unspecified atom stereocenters. The molecular formula is C7H8F2O2. The van der Waals surface area contributed by atoms with Crippen molar-refractivity contribution in [2.45, 2.75) is 6.42 Å². The molecule has 0 radical (unpaired) electrons. The maximum Gasteiger partial charge on any atom is 0.192 e. The van der Waals surface area contributed by atoms with E-state index in [0.717, 1.165) is 0 Å². The molecule has 0 amide bonds. The minimum Gasteiger partial charge on any atom is -0.303 e. The smallest absolute Gasteiger partial charge is 0.192 e. The van der Waals surface area contributed by atoms with Crippen LogP contribution >= 0.6 is 0 Å². The number of carbonyl (C=O) groups excluding carboxylic acids is 2. The van der Waals surface area contributed by atoms with Gasteiger partial charge in [0.2, 0.25) is 0 Å². The first kappa shape index (κ1) is 12.4. The molecule has 0 aromatic heterocycles. The van der Waals surface area contributed by atoms with Gasteiger partial charge in [-0.3, -0.25) is 9.18 Å². The first-order chi connectivity index (χ1) is 5.33. The third kappa shape index (κ3) is 28.3. The Kier molecular flexibility index (Phi) is 18.0. The van der Waals surface area contributed by atoms with E-state index in [1.54, 1.807) is 0 Å². The standard InChI is InChI=1S/C4H3FO.C3H5FO/c5-3-1-2-4-6;4-2-1-3-5/h4H,3H2;3H,1-2H2/i5-1;4-1. The number of rotatable bonds is 2. The average molecular weight is 160 g/mol. The van der Waals surface area contributed by atoms with Crippen LogP contribution in [-0.4, -0.2) is 25.9 Å². The predicted molar refractivity (Wildman–Crippen MR) is 36.5 cm³/mol. The van der Waals surface area contributed by atoms with Crippen LogP contribution < -0.4 is 0 Å². The van der Waals surface area contributed by atoms with Gasteiger partial charge in [0, 0.05) is 6.42 Å². The van der Waals surface area contributed by atoms with Crippen LogP contribution in [0, 0.1) is 11.8 Å². The van der Waals surface area contributed by atoms with Gasteiger partial charge < -0.3 is 4.79 Å². The Morgan fingerprint density at radius 2 is 1.91 bits per heavy atom. The van der Waals surface area contributed by atoms with Gasteiger partial charge in [-0.05, 0) is 5.92 Å². The molecule has 0 fully saturated rings. The maximum absolute atomic E-state index is 10.8. The number of alkyl halides is 2. The van der Waals surface area contributed by atoms with E-state index in [4.69, 9.17) is 4.79 Å². The highest BCUT2D eigenvalue weighted by Crippen LogP contribution is 1.67. The summed E-state index contributed by atoms with van der Waals surface area (Å²) in [6.07, 6.45) is 0.958. The molecule has 2 nitrogen and oxygen atoms in total. The van der Waals surface area contributed by atoms with Crippen LogP contribution in [0.2, 0.25) is 0 Å². The summed E-state index contributed by atoms with van der Waals surface area (Å²) in [6, 6.07) is 0. The van der Waals surface area contributed by atoms with E-state index in [-0.39, 0.29) is 6.42 Å². The van der Waals surface area contributed by atoms with Crippen molar-refractivity contribution >= 4 is 12.6 Å². The van der Waals surface area contributed by atoms with Crippen LogP contribution in [0.1, 0.15) is 6.42 Å². The monoisotopic (exact) mass is 160 g/mol. The normalized spacial score (nSPS) is 6.36. The first-order valence-corrected chi connectivity index (χ1v) is 2.81. The molecule has 4 heteroatoms. The van der Waals surface area contributed by atoms with Crippen molar-refractivity contribution in [3.05, 3.63) is 0 Å². The van der Waals surface area contributed by atoms with Gasteiger partial charge >= 0.3 is 0 Å². The van der Waals surface area contributed by atoms with Crippen molar-refractivity contribution in [3.8, 4) is 11.8 Å². The predicted octanol–water partition coefficient (Wildman–Crippen LogP) is 0.703. The molecule has 0 heterocycles. The summed E-state index contributed by atoms with van der Waals surface area (Å²) in [4.78, 5) is 18.4. The van der Waals surface area contributed by atoms with E-state index in [0.29, 0.717) is 12.6 Å². The van der Waals surface area contributed by atoms with Gasteiger partial charge in [0.05, 0.1) is 6.67 Å². The molecule has 0 atom stereocenters. The zero-order valence-electron chi connectivity index (χ0n) is 5.85. The third-order valence-electron chi connectivity index (χ3n) is 0.455. The molecule has 0 aromatic carbocycles. The van der Waals surface area contributed by atoms with Crippen molar-refractivity contribution in [2.24, 2.45) is 0 Å². The minimum atomic E-state index is -0.737. The molecule has 0 saturated heterocycles. The van der Waals surface area contributed by atoms with Gasteiger partial charge in [0.15, 0.2) is 13.0 Å². The lowest BCUT2D eigenvalue weighted by atomic mass is 10.5. The SMILES string of the molecule is O=CC#CC[18F].O=CCC[18F]. The van der Waals surface area contributed by atoms with Crippen LogP contribution in [0.3, 0.4) is 0 Å². The van der Waals surface area contributed by atoms with Crippen molar-refractivity contribution < 1.29 is 18.4 Å². The fraction of sp³-hybridized carbons (Fsp3) is 0.429. The summed E-state index contributed by atoms with van der Waals surface area (Å²) < 4.78 is 21.6. The van der Waals surface area contributed by atoms with Crippen molar-refractivity contribution in [1.29, 1.82) is 0 Å². The molecular weight excluding hydrogens is 152 g/mol. The summed E-state index contributed by atoms with van der Waals surface area (Å²) in [5, 5.41) is 0. The van der Waals surface area contributed by atoms with Crippen LogP contribution in [0.25, 0.3) is 0 Å². The highest BCUT2D eigenvalue weighted by molar-refractivity contribution is 5.72. The van der Waals surface area contributed by atoms with Gasteiger partial charge in [0.25, 0.3) is 0 Å². The van der Waals surface area contributed by atoms with Crippen molar-refractivity contribution in [1.82, 2.24) is 0 Å². The van der Waals surface area contributed by atoms with Crippen molar-refractivity contribution in [3.63, 3.8) is 0 Å². The second-order valence-corrected chi connectivity index (χ2v) is 1.22. The second-order valence-electron chi connectivity index (χ2n) is 1.22. The molecule has 0 aliphatic rings. The van der Waals surface area contributed by atoms with Crippen LogP contribution in [0.4, 0.5) is 8.78 Å². The molecule has 0 aliphatic carbocycles. The number of hydrogen-bond acceptors (Lipinski definition) is 2. The fourth-order valence-electron chi connectivity index (χ4n) is 0.125. The lowest BCUT2D eigenvalue weighted by Gasteiger charge is -1.65. The lowest BCUT2D eigenvalue weighted by molar-refractivity contribution is -0.108. The Morgan fingerprint density at radius 1 is 1.27 bits per heavy atom. The third-order valence-corrected chi connectivity index (χ3v) is 0.455. The summed E-state index contributed by atoms with van der Waals surface area (Å²) in [7, 11) is 0. The molecule has 0 spiro atoms. The van der Waals surface area contributed by atoms with Gasteiger partial charge in [-0.15, -0.1) is 0 Å². The summed E-state index contributed by atoms with van der Waals surface area (Å²) >= 11 is 0. The summed E-state index contributed by atoms with van der Waals surface area (Å²) in [6.45, 7) is -1.26. The molecule has 0 rings (SSSR count). The zero-order valence-corrected chi connectivity index (χ0v) is 5.85. The van der Waals surface area contributed by atoms with Crippen molar-refractivity contribution in [2.75, 3.05) is 13.3 Å². The van der Waals surface area contributed by atoms with Crippen LogP contribution in [-0.2, 0) is 9.59 Å². The molecule has 0 aliphatic heterocycles. The van der Waals surface area contributed by atoms with E-state index in [9.17, 15) is 13.6 Å². The Bertz CT molecular complexity index is 146. The molecule has 0 N–H and O–H groups in total. The van der Waals surface area contributed by atoms with E-state index in [1.807, 2.05) is 11.8 Å². The van der Waals surface area contributed by atoms with E-state index < -0.39 is 13.3 Å². The first-order valence-electron chi connectivity index (χ1n) is 2.81. The number of halogens is 2. The topological polar surface area (TPSA) is 34.1 Å². The van der Waals surface area contributed by atoms with E-state index in [2.05, 4.69) is 0 Å². The molecule has 0 aromatic rings. The van der Waals surface area contributed by atoms with Gasteiger partial charge in [-0.2, -0.15) is 0 Å².